The Morgan fingerprint density at radius 2 is 2.00 bits per heavy atom. The van der Waals surface area contributed by atoms with E-state index >= 15 is 0 Å². The van der Waals surface area contributed by atoms with Crippen molar-refractivity contribution in [2.24, 2.45) is 0 Å². The van der Waals surface area contributed by atoms with Gasteiger partial charge in [0.2, 0.25) is 0 Å². The third-order valence-corrected chi connectivity index (χ3v) is 4.34. The minimum absolute atomic E-state index is 0.175. The SMILES string of the molecule is O=C(NC[C@@H](c1cccs1)n1cccn1)c1c(F)cccc1F. The Morgan fingerprint density at radius 1 is 1.22 bits per heavy atom. The first-order valence-electron chi connectivity index (χ1n) is 6.91. The summed E-state index contributed by atoms with van der Waals surface area (Å²) in [5, 5.41) is 8.69. The second-order valence-electron chi connectivity index (χ2n) is 4.82. The number of amides is 1. The van der Waals surface area contributed by atoms with E-state index < -0.39 is 23.1 Å². The van der Waals surface area contributed by atoms with Crippen molar-refractivity contribution in [3.8, 4) is 0 Å². The summed E-state index contributed by atoms with van der Waals surface area (Å²) < 4.78 is 29.0. The standard InChI is InChI=1S/C16H13F2N3OS/c17-11-4-1-5-12(18)15(11)16(22)19-10-13(14-6-2-9-23-14)21-8-3-7-20-21/h1-9,13H,10H2,(H,19,22)/t13-/m0/s1. The van der Waals surface area contributed by atoms with Crippen LogP contribution < -0.4 is 5.32 Å². The van der Waals surface area contributed by atoms with Gasteiger partial charge in [0.25, 0.3) is 5.91 Å². The fourth-order valence-electron chi connectivity index (χ4n) is 2.26. The van der Waals surface area contributed by atoms with Gasteiger partial charge in [0.1, 0.15) is 23.2 Å². The smallest absolute Gasteiger partial charge is 0.257 e. The molecule has 0 spiro atoms. The van der Waals surface area contributed by atoms with Gasteiger partial charge < -0.3 is 5.32 Å². The summed E-state index contributed by atoms with van der Waals surface area (Å²) in [4.78, 5) is 13.1. The van der Waals surface area contributed by atoms with Gasteiger partial charge >= 0.3 is 0 Å². The minimum atomic E-state index is -0.880. The molecule has 1 atom stereocenters. The van der Waals surface area contributed by atoms with Gasteiger partial charge in [-0.3, -0.25) is 9.48 Å². The molecule has 0 aliphatic rings. The molecule has 1 aromatic carbocycles. The van der Waals surface area contributed by atoms with Crippen LogP contribution in [0, 0.1) is 11.6 Å². The lowest BCUT2D eigenvalue weighted by Gasteiger charge is -2.17. The molecule has 23 heavy (non-hydrogen) atoms. The topological polar surface area (TPSA) is 46.9 Å². The number of hydrogen-bond donors (Lipinski definition) is 1. The normalized spacial score (nSPS) is 12.1. The van der Waals surface area contributed by atoms with Crippen LogP contribution in [-0.2, 0) is 0 Å². The molecule has 118 valence electrons. The van der Waals surface area contributed by atoms with Crippen LogP contribution in [0.5, 0.6) is 0 Å². The maximum Gasteiger partial charge on any atom is 0.257 e. The van der Waals surface area contributed by atoms with Gasteiger partial charge in [-0.05, 0) is 29.6 Å². The van der Waals surface area contributed by atoms with Crippen LogP contribution in [0.25, 0.3) is 0 Å². The Labute approximate surface area is 135 Å². The molecule has 1 amide bonds. The predicted molar refractivity (Wildman–Crippen MR) is 83.4 cm³/mol. The molecule has 0 fully saturated rings. The second-order valence-corrected chi connectivity index (χ2v) is 5.80. The van der Waals surface area contributed by atoms with Crippen LogP contribution in [0.1, 0.15) is 21.3 Å². The monoisotopic (exact) mass is 333 g/mol. The summed E-state index contributed by atoms with van der Waals surface area (Å²) in [5.74, 6) is -2.54. The largest absolute Gasteiger partial charge is 0.349 e. The number of hydrogen-bond acceptors (Lipinski definition) is 3. The summed E-state index contributed by atoms with van der Waals surface area (Å²) in [7, 11) is 0. The molecule has 1 N–H and O–H groups in total. The highest BCUT2D eigenvalue weighted by atomic mass is 32.1. The quantitative estimate of drug-likeness (QED) is 0.779. The van der Waals surface area contributed by atoms with Crippen molar-refractivity contribution in [2.45, 2.75) is 6.04 Å². The lowest BCUT2D eigenvalue weighted by atomic mass is 10.1. The predicted octanol–water partition coefficient (Wildman–Crippen LogP) is 3.24. The van der Waals surface area contributed by atoms with Crippen molar-refractivity contribution in [2.75, 3.05) is 6.54 Å². The van der Waals surface area contributed by atoms with E-state index in [4.69, 9.17) is 0 Å². The van der Waals surface area contributed by atoms with Crippen LogP contribution in [-0.4, -0.2) is 22.2 Å². The van der Waals surface area contributed by atoms with Crippen molar-refractivity contribution in [3.05, 3.63) is 76.2 Å². The number of nitrogens with zero attached hydrogens (tertiary/aromatic N) is 2. The van der Waals surface area contributed by atoms with E-state index in [0.717, 1.165) is 17.0 Å². The second kappa shape index (κ2) is 6.70. The van der Waals surface area contributed by atoms with Crippen LogP contribution >= 0.6 is 11.3 Å². The number of benzene rings is 1. The zero-order valence-corrected chi connectivity index (χ0v) is 12.8. The molecule has 2 aromatic heterocycles. The summed E-state index contributed by atoms with van der Waals surface area (Å²) in [6.07, 6.45) is 3.42. The van der Waals surface area contributed by atoms with Crippen LogP contribution in [0.4, 0.5) is 8.78 Å². The molecule has 0 saturated heterocycles. The van der Waals surface area contributed by atoms with E-state index in [1.807, 2.05) is 17.5 Å². The van der Waals surface area contributed by atoms with Crippen molar-refractivity contribution < 1.29 is 13.6 Å². The molecule has 0 unspecified atom stereocenters. The molecule has 0 aliphatic heterocycles. The molecule has 3 rings (SSSR count). The van der Waals surface area contributed by atoms with Gasteiger partial charge in [-0.1, -0.05) is 12.1 Å². The highest BCUT2D eigenvalue weighted by Gasteiger charge is 2.20. The zero-order chi connectivity index (χ0) is 16.2. The van der Waals surface area contributed by atoms with E-state index in [9.17, 15) is 13.6 Å². The molecule has 3 aromatic rings. The molecule has 7 heteroatoms. The molecular weight excluding hydrogens is 320 g/mol. The van der Waals surface area contributed by atoms with E-state index in [1.165, 1.54) is 17.4 Å². The van der Waals surface area contributed by atoms with Gasteiger partial charge in [-0.2, -0.15) is 5.10 Å². The van der Waals surface area contributed by atoms with Crippen LogP contribution in [0.3, 0.4) is 0 Å². The van der Waals surface area contributed by atoms with Crippen LogP contribution in [0.15, 0.2) is 54.2 Å². The average Bonchev–Trinajstić information content (AvgIpc) is 3.21. The first kappa shape index (κ1) is 15.4. The van der Waals surface area contributed by atoms with E-state index in [2.05, 4.69) is 10.4 Å². The Morgan fingerprint density at radius 3 is 2.61 bits per heavy atom. The van der Waals surface area contributed by atoms with E-state index in [1.54, 1.807) is 23.1 Å². The lowest BCUT2D eigenvalue weighted by molar-refractivity contribution is 0.0941. The summed E-state index contributed by atoms with van der Waals surface area (Å²) in [6.45, 7) is 0.175. The Bertz CT molecular complexity index is 733. The first-order chi connectivity index (χ1) is 11.2. The van der Waals surface area contributed by atoms with E-state index in [-0.39, 0.29) is 12.6 Å². The third kappa shape index (κ3) is 3.29. The molecule has 0 bridgehead atoms. The maximum atomic E-state index is 13.7. The highest BCUT2D eigenvalue weighted by molar-refractivity contribution is 7.10. The third-order valence-electron chi connectivity index (χ3n) is 3.36. The molecule has 2 heterocycles. The van der Waals surface area contributed by atoms with Gasteiger partial charge in [0.15, 0.2) is 0 Å². The molecule has 4 nitrogen and oxygen atoms in total. The number of rotatable bonds is 5. The lowest BCUT2D eigenvalue weighted by Crippen LogP contribution is -2.32. The van der Waals surface area contributed by atoms with Crippen molar-refractivity contribution in [3.63, 3.8) is 0 Å². The minimum Gasteiger partial charge on any atom is -0.349 e. The molecule has 0 aliphatic carbocycles. The van der Waals surface area contributed by atoms with Crippen molar-refractivity contribution in [1.29, 1.82) is 0 Å². The molecule has 0 saturated carbocycles. The van der Waals surface area contributed by atoms with Gasteiger partial charge in [-0.25, -0.2) is 8.78 Å². The number of aromatic nitrogens is 2. The fraction of sp³-hybridized carbons (Fsp3) is 0.125. The number of carbonyl (C=O) groups is 1. The van der Waals surface area contributed by atoms with Gasteiger partial charge in [0.05, 0.1) is 0 Å². The number of carbonyl (C=O) groups excluding carboxylic acids is 1. The summed E-state index contributed by atoms with van der Waals surface area (Å²) in [5.41, 5.74) is -0.571. The Balaban J connectivity index is 1.78. The summed E-state index contributed by atoms with van der Waals surface area (Å²) in [6, 6.07) is 8.70. The Kier molecular flexibility index (Phi) is 4.47. The van der Waals surface area contributed by atoms with Gasteiger partial charge in [0, 0.05) is 23.8 Å². The molecular formula is C16H13F2N3OS. The van der Waals surface area contributed by atoms with Crippen molar-refractivity contribution >= 4 is 17.2 Å². The van der Waals surface area contributed by atoms with Crippen LogP contribution in [0.2, 0.25) is 0 Å². The number of thiophene rings is 1. The highest BCUT2D eigenvalue weighted by Crippen LogP contribution is 2.22. The summed E-state index contributed by atoms with van der Waals surface area (Å²) >= 11 is 1.52. The first-order valence-corrected chi connectivity index (χ1v) is 7.79. The number of nitrogens with one attached hydrogen (secondary N) is 1. The van der Waals surface area contributed by atoms with E-state index in [0.29, 0.717) is 0 Å². The fourth-order valence-corrected chi connectivity index (χ4v) is 3.08. The average molecular weight is 333 g/mol. The van der Waals surface area contributed by atoms with Crippen molar-refractivity contribution in [1.82, 2.24) is 15.1 Å². The zero-order valence-electron chi connectivity index (χ0n) is 11.9. The number of halogens is 2. The Hall–Kier alpha value is -2.54. The molecule has 0 radical (unpaired) electrons. The maximum absolute atomic E-state index is 13.7. The van der Waals surface area contributed by atoms with Gasteiger partial charge in [-0.15, -0.1) is 11.3 Å².